The van der Waals surface area contributed by atoms with Crippen molar-refractivity contribution in [2.75, 3.05) is 47.9 Å². The van der Waals surface area contributed by atoms with Crippen molar-refractivity contribution in [3.8, 4) is 0 Å². The molecule has 356 valence electrons. The number of ether oxygens (including phenoxy) is 2. The molecule has 1 aliphatic rings. The Hall–Kier alpha value is -4.67. The van der Waals surface area contributed by atoms with Gasteiger partial charge in [0.15, 0.2) is 0 Å². The second kappa shape index (κ2) is 28.9. The number of unbranched alkanes of at least 4 members (excludes halogenated alkanes) is 2. The number of likely N-dealkylation sites (tertiary alicyclic amines) is 1. The van der Waals surface area contributed by atoms with Crippen molar-refractivity contribution in [2.45, 2.75) is 142 Å². The van der Waals surface area contributed by atoms with Crippen LogP contribution in [0.1, 0.15) is 99.8 Å². The number of nitrogens with zero attached hydrogens (tertiary/aromatic N) is 4. The Morgan fingerprint density at radius 2 is 1.60 bits per heavy atom. The van der Waals surface area contributed by atoms with Crippen LogP contribution < -0.4 is 10.6 Å². The fourth-order valence-corrected chi connectivity index (χ4v) is 8.31. The number of amides is 7. The van der Waals surface area contributed by atoms with Gasteiger partial charge in [-0.2, -0.15) is 0 Å². The summed E-state index contributed by atoms with van der Waals surface area (Å²) in [7, 11) is 6.21. The summed E-state index contributed by atoms with van der Waals surface area (Å²) in [6.07, 6.45) is 9.45. The lowest BCUT2D eigenvalue weighted by atomic mass is 9.90. The molecule has 0 saturated carbocycles. The van der Waals surface area contributed by atoms with E-state index in [1.54, 1.807) is 51.9 Å². The zero-order valence-corrected chi connectivity index (χ0v) is 39.8. The van der Waals surface area contributed by atoms with Crippen LogP contribution >= 0.6 is 0 Å². The molecule has 0 bridgehead atoms. The number of likely N-dealkylation sites (N-methyl/N-ethyl adjacent to an activating group) is 2. The maximum Gasteiger partial charge on any atom is 0.252 e. The maximum atomic E-state index is 14.2. The Kier molecular flexibility index (Phi) is 25.9. The van der Waals surface area contributed by atoms with Crippen molar-refractivity contribution < 1.29 is 48.1 Å². The lowest BCUT2D eigenvalue weighted by molar-refractivity contribution is -0.146. The van der Waals surface area contributed by atoms with Gasteiger partial charge in [0, 0.05) is 47.8 Å². The van der Waals surface area contributed by atoms with Gasteiger partial charge in [0.25, 0.3) is 5.91 Å². The van der Waals surface area contributed by atoms with Gasteiger partial charge in [-0.3, -0.25) is 38.5 Å². The number of carbonyl (C=O) groups excluding carboxylic acids is 7. The van der Waals surface area contributed by atoms with E-state index in [1.165, 1.54) is 42.2 Å². The molecule has 0 spiro atoms. The Bertz CT molecular complexity index is 1600. The van der Waals surface area contributed by atoms with E-state index in [2.05, 4.69) is 23.8 Å². The molecule has 0 aromatic rings. The summed E-state index contributed by atoms with van der Waals surface area (Å²) < 4.78 is 11.8. The molecule has 63 heavy (non-hydrogen) atoms. The Morgan fingerprint density at radius 1 is 0.937 bits per heavy atom. The first-order chi connectivity index (χ1) is 29.8. The molecule has 16 nitrogen and oxygen atoms in total. The van der Waals surface area contributed by atoms with Crippen molar-refractivity contribution in [3.63, 3.8) is 0 Å². The predicted molar refractivity (Wildman–Crippen MR) is 244 cm³/mol. The number of aliphatic hydroxyl groups is 1. The Balaban J connectivity index is 3.02. The number of hydrogen-bond acceptors (Lipinski definition) is 10. The van der Waals surface area contributed by atoms with E-state index >= 15 is 0 Å². The third-order valence-electron chi connectivity index (χ3n) is 12.2. The molecular formula is C47H78N6O10. The summed E-state index contributed by atoms with van der Waals surface area (Å²) in [6.45, 7) is 20.5. The van der Waals surface area contributed by atoms with Gasteiger partial charge in [-0.1, -0.05) is 84.9 Å². The van der Waals surface area contributed by atoms with Gasteiger partial charge < -0.3 is 39.9 Å². The predicted octanol–water partition coefficient (Wildman–Crippen LogP) is 3.79. The van der Waals surface area contributed by atoms with Gasteiger partial charge in [0.05, 0.1) is 55.3 Å². The van der Waals surface area contributed by atoms with Gasteiger partial charge in [0.1, 0.15) is 6.04 Å². The number of carbonyl (C=O) groups is 7. The van der Waals surface area contributed by atoms with Crippen LogP contribution in [0.3, 0.4) is 0 Å². The van der Waals surface area contributed by atoms with E-state index < -0.39 is 66.1 Å². The average Bonchev–Trinajstić information content (AvgIpc) is 3.74. The molecule has 1 heterocycles. The third kappa shape index (κ3) is 16.8. The van der Waals surface area contributed by atoms with Crippen LogP contribution in [-0.2, 0) is 43.0 Å². The quantitative estimate of drug-likeness (QED) is 0.0431. The smallest absolute Gasteiger partial charge is 0.252 e. The van der Waals surface area contributed by atoms with Crippen LogP contribution in [-0.4, -0.2) is 157 Å². The maximum absolute atomic E-state index is 14.2. The van der Waals surface area contributed by atoms with E-state index in [4.69, 9.17) is 9.47 Å². The van der Waals surface area contributed by atoms with Gasteiger partial charge in [0.2, 0.25) is 35.9 Å². The molecule has 1 saturated heterocycles. The highest BCUT2D eigenvalue weighted by Gasteiger charge is 2.42. The van der Waals surface area contributed by atoms with E-state index in [0.717, 1.165) is 4.90 Å². The summed E-state index contributed by atoms with van der Waals surface area (Å²) in [6, 6.07) is -2.42. The third-order valence-corrected chi connectivity index (χ3v) is 12.2. The lowest BCUT2D eigenvalue weighted by Gasteiger charge is -2.39. The van der Waals surface area contributed by atoms with Crippen LogP contribution in [0.4, 0.5) is 0 Å². The number of hydrogen-bond donors (Lipinski definition) is 3. The molecule has 3 N–H and O–H groups in total. The zero-order valence-electron chi connectivity index (χ0n) is 39.8. The van der Waals surface area contributed by atoms with Crippen molar-refractivity contribution in [2.24, 2.45) is 17.8 Å². The van der Waals surface area contributed by atoms with Crippen LogP contribution in [0.2, 0.25) is 0 Å². The van der Waals surface area contributed by atoms with E-state index in [1.807, 2.05) is 27.7 Å². The summed E-state index contributed by atoms with van der Waals surface area (Å²) in [5.41, 5.74) is 0.514. The molecule has 0 aromatic carbocycles. The number of methoxy groups -OCH3 is 2. The van der Waals surface area contributed by atoms with Crippen molar-refractivity contribution >= 4 is 41.9 Å². The minimum atomic E-state index is -1.01. The summed E-state index contributed by atoms with van der Waals surface area (Å²) in [5.74, 6) is -3.08. The molecule has 7 amide bonds. The van der Waals surface area contributed by atoms with Crippen molar-refractivity contribution in [1.29, 1.82) is 0 Å². The zero-order chi connectivity index (χ0) is 48.0. The first kappa shape index (κ1) is 56.3. The summed E-state index contributed by atoms with van der Waals surface area (Å²) >= 11 is 0. The van der Waals surface area contributed by atoms with E-state index in [-0.39, 0.29) is 55.5 Å². The number of allylic oxidation sites excluding steroid dienone is 3. The van der Waals surface area contributed by atoms with Crippen molar-refractivity contribution in [1.82, 2.24) is 30.2 Å². The standard InChI is InChI=1S/C47H78N6O10/c1-14-22-35(17-4)44(59)34(9)49-46(60)33(8)45(63-13)36-24-21-27-53(36)40(57)28-37(62-12)43(32(7)16-3)51(11)41(58)29-48-47(61)42(31(5)6)50(10)38(55)25-19-18-20-26-52(30-54)39(56)23-15-2/h14-15,17,22-23,30-34,36-37,42-45,59H,1,4,16,18-21,24-29H2,2-3,5-13H3,(H,48,61)(H,49,60)/b23-15-,35-22+. The molecule has 0 aromatic heterocycles. The minimum absolute atomic E-state index is 0.0435. The van der Waals surface area contributed by atoms with Gasteiger partial charge in [-0.25, -0.2) is 0 Å². The SMILES string of the molecule is C=C/C=C(\C=C)C(O)C(C)NC(=O)C(C)C(OC)C1CCCN1C(=O)CC(OC)C(C(C)CC)N(C)C(=O)CNC(=O)C(C(C)C)N(C)C(=O)CCCCCN(C=O)C(=O)/C=C\C. The Labute approximate surface area is 376 Å². The molecule has 9 atom stereocenters. The molecule has 0 radical (unpaired) electrons. The number of rotatable bonds is 29. The first-order valence-electron chi connectivity index (χ1n) is 22.3. The highest BCUT2D eigenvalue weighted by molar-refractivity contribution is 5.94. The van der Waals surface area contributed by atoms with Gasteiger partial charge >= 0.3 is 0 Å². The van der Waals surface area contributed by atoms with Crippen LogP contribution in [0.5, 0.6) is 0 Å². The molecule has 0 aliphatic carbocycles. The fraction of sp³-hybridized carbons (Fsp3) is 0.681. The topological polar surface area (TPSA) is 195 Å². The largest absolute Gasteiger partial charge is 0.386 e. The average molecular weight is 887 g/mol. The molecular weight excluding hydrogens is 809 g/mol. The van der Waals surface area contributed by atoms with Gasteiger partial charge in [-0.05, 0) is 63.0 Å². The number of imide groups is 1. The lowest BCUT2D eigenvalue weighted by Crippen LogP contribution is -2.56. The molecule has 9 unspecified atom stereocenters. The number of nitrogens with one attached hydrogen (secondary N) is 2. The van der Waals surface area contributed by atoms with Crippen molar-refractivity contribution in [3.05, 3.63) is 49.1 Å². The van der Waals surface area contributed by atoms with Crippen LogP contribution in [0.15, 0.2) is 49.1 Å². The van der Waals surface area contributed by atoms with Crippen LogP contribution in [0, 0.1) is 17.8 Å². The summed E-state index contributed by atoms with van der Waals surface area (Å²) in [5, 5.41) is 16.4. The second-order valence-corrected chi connectivity index (χ2v) is 16.9. The Morgan fingerprint density at radius 3 is 2.14 bits per heavy atom. The first-order valence-corrected chi connectivity index (χ1v) is 22.3. The fourth-order valence-electron chi connectivity index (χ4n) is 8.31. The monoisotopic (exact) mass is 887 g/mol. The van der Waals surface area contributed by atoms with Gasteiger partial charge in [-0.15, -0.1) is 0 Å². The minimum Gasteiger partial charge on any atom is -0.386 e. The van der Waals surface area contributed by atoms with E-state index in [9.17, 15) is 38.7 Å². The number of aliphatic hydroxyl groups excluding tert-OH is 1. The highest BCUT2D eigenvalue weighted by atomic mass is 16.5. The molecule has 1 rings (SSSR count). The van der Waals surface area contributed by atoms with E-state index in [0.29, 0.717) is 57.1 Å². The second-order valence-electron chi connectivity index (χ2n) is 16.9. The molecule has 16 heteroatoms. The highest BCUT2D eigenvalue weighted by Crippen LogP contribution is 2.29. The molecule has 1 fully saturated rings. The van der Waals surface area contributed by atoms with Crippen LogP contribution in [0.25, 0.3) is 0 Å². The normalized spacial score (nSPS) is 18.0. The molecule has 1 aliphatic heterocycles. The summed E-state index contributed by atoms with van der Waals surface area (Å²) in [4.78, 5) is 97.1.